The van der Waals surface area contributed by atoms with E-state index in [9.17, 15) is 14.4 Å². The van der Waals surface area contributed by atoms with Gasteiger partial charge >= 0.3 is 5.69 Å². The van der Waals surface area contributed by atoms with Crippen molar-refractivity contribution < 1.29 is 4.79 Å². The average molecular weight is 457 g/mol. The van der Waals surface area contributed by atoms with E-state index in [0.29, 0.717) is 11.7 Å². The van der Waals surface area contributed by atoms with E-state index < -0.39 is 11.2 Å². The van der Waals surface area contributed by atoms with Crippen molar-refractivity contribution in [1.29, 1.82) is 0 Å². The van der Waals surface area contributed by atoms with E-state index in [1.165, 1.54) is 21.2 Å². The van der Waals surface area contributed by atoms with E-state index in [-0.39, 0.29) is 29.2 Å². The molecule has 0 unspecified atom stereocenters. The van der Waals surface area contributed by atoms with Crippen LogP contribution in [0.15, 0.2) is 39.0 Å². The molecule has 0 radical (unpaired) electrons. The highest BCUT2D eigenvalue weighted by Gasteiger charge is 2.32. The number of imidazole rings is 1. The van der Waals surface area contributed by atoms with Crippen LogP contribution >= 0.6 is 11.8 Å². The molecule has 1 saturated carbocycles. The number of carbonyl (C=O) groups is 1. The van der Waals surface area contributed by atoms with Crippen molar-refractivity contribution in [3.05, 3.63) is 45.1 Å². The molecule has 2 heterocycles. The van der Waals surface area contributed by atoms with Gasteiger partial charge in [-0.1, -0.05) is 50.1 Å². The number of nitrogens with zero attached hydrogens (tertiary/aromatic N) is 3. The van der Waals surface area contributed by atoms with Crippen molar-refractivity contribution in [1.82, 2.24) is 19.5 Å². The van der Waals surface area contributed by atoms with Crippen LogP contribution in [-0.4, -0.2) is 37.2 Å². The van der Waals surface area contributed by atoms with E-state index in [0.717, 1.165) is 49.6 Å². The number of carbonyl (C=O) groups excluding carboxylic acids is 1. The van der Waals surface area contributed by atoms with Gasteiger partial charge in [-0.05, 0) is 31.4 Å². The molecule has 1 aliphatic rings. The lowest BCUT2D eigenvalue weighted by Gasteiger charge is -2.29. The Morgan fingerprint density at radius 1 is 1.25 bits per heavy atom. The van der Waals surface area contributed by atoms with Gasteiger partial charge in [-0.3, -0.25) is 19.1 Å². The van der Waals surface area contributed by atoms with Gasteiger partial charge in [0.15, 0.2) is 10.8 Å². The number of para-hydroxylation sites is 2. The second-order valence-corrected chi connectivity index (χ2v) is 9.01. The summed E-state index contributed by atoms with van der Waals surface area (Å²) in [7, 11) is 0. The number of nitrogens with one attached hydrogen (secondary N) is 2. The molecule has 1 aromatic carbocycles. The van der Waals surface area contributed by atoms with Crippen molar-refractivity contribution in [2.45, 2.75) is 63.2 Å². The minimum absolute atomic E-state index is 0.0567. The van der Waals surface area contributed by atoms with Crippen LogP contribution < -0.4 is 21.9 Å². The lowest BCUT2D eigenvalue weighted by Crippen LogP contribution is -2.46. The Morgan fingerprint density at radius 3 is 2.72 bits per heavy atom. The molecule has 0 saturated heterocycles. The van der Waals surface area contributed by atoms with Gasteiger partial charge in [-0.15, -0.1) is 0 Å². The van der Waals surface area contributed by atoms with Crippen molar-refractivity contribution in [3.63, 3.8) is 0 Å². The largest absolute Gasteiger partial charge is 0.383 e. The summed E-state index contributed by atoms with van der Waals surface area (Å²) in [4.78, 5) is 50.1. The highest BCUT2D eigenvalue weighted by Crippen LogP contribution is 2.30. The molecule has 10 heteroatoms. The Balaban J connectivity index is 1.64. The van der Waals surface area contributed by atoms with E-state index in [2.05, 4.69) is 15.0 Å². The molecule has 0 atom stereocenters. The van der Waals surface area contributed by atoms with E-state index >= 15 is 0 Å². The van der Waals surface area contributed by atoms with E-state index in [4.69, 9.17) is 5.73 Å². The van der Waals surface area contributed by atoms with Crippen molar-refractivity contribution in [2.24, 2.45) is 0 Å². The summed E-state index contributed by atoms with van der Waals surface area (Å²) < 4.78 is 1.36. The number of unbranched alkanes of at least 4 members (excludes halogenated alkanes) is 1. The Hall–Kier alpha value is -3.01. The van der Waals surface area contributed by atoms with Crippen molar-refractivity contribution in [2.75, 3.05) is 16.4 Å². The number of anilines is 2. The molecular weight excluding hydrogens is 428 g/mol. The lowest BCUT2D eigenvalue weighted by atomic mass is 10.2. The van der Waals surface area contributed by atoms with Crippen LogP contribution in [0.25, 0.3) is 11.0 Å². The number of fused-ring (bicyclic) bond motifs is 1. The maximum absolute atomic E-state index is 13.4. The summed E-state index contributed by atoms with van der Waals surface area (Å²) in [5.41, 5.74) is 6.98. The number of aromatic amines is 2. The third-order valence-electron chi connectivity index (χ3n) is 5.85. The molecular formula is C22H28N6O3S. The summed E-state index contributed by atoms with van der Waals surface area (Å²) in [5.74, 6) is -0.0649. The van der Waals surface area contributed by atoms with Crippen LogP contribution in [0.2, 0.25) is 0 Å². The summed E-state index contributed by atoms with van der Waals surface area (Å²) in [6.07, 6.45) is 5.19. The number of nitrogens with two attached hydrogens (primary N) is 1. The predicted molar refractivity (Wildman–Crippen MR) is 127 cm³/mol. The molecule has 1 fully saturated rings. The Labute approximate surface area is 189 Å². The van der Waals surface area contributed by atoms with Crippen LogP contribution in [-0.2, 0) is 11.3 Å². The van der Waals surface area contributed by atoms with Gasteiger partial charge in [-0.2, -0.15) is 0 Å². The second-order valence-electron chi connectivity index (χ2n) is 8.05. The first-order valence-electron chi connectivity index (χ1n) is 11.0. The number of benzene rings is 1. The Morgan fingerprint density at radius 2 is 2.00 bits per heavy atom. The fraction of sp³-hybridized carbons (Fsp3) is 0.455. The quantitative estimate of drug-likeness (QED) is 0.447. The molecule has 0 spiro atoms. The third kappa shape index (κ3) is 4.45. The van der Waals surface area contributed by atoms with E-state index in [1.54, 1.807) is 0 Å². The van der Waals surface area contributed by atoms with Crippen molar-refractivity contribution >= 4 is 40.2 Å². The van der Waals surface area contributed by atoms with Crippen LogP contribution in [0.1, 0.15) is 45.4 Å². The van der Waals surface area contributed by atoms with Gasteiger partial charge in [0.2, 0.25) is 5.91 Å². The number of amides is 1. The zero-order valence-corrected chi connectivity index (χ0v) is 18.9. The Bertz CT molecular complexity index is 1190. The maximum atomic E-state index is 13.4. The molecule has 0 bridgehead atoms. The standard InChI is InChI=1S/C22H28N6O3S/c1-2-3-12-27-19(23)18(20(30)26-22(27)31)28(14-8-4-5-9-14)17(29)13-32-21-24-15-10-6-7-11-16(15)25-21/h6-7,10-11,14H,2-5,8-9,12-13,23H2,1H3,(H,24,25)(H,26,30,31). The number of rotatable bonds is 8. The number of hydrogen-bond acceptors (Lipinski definition) is 6. The highest BCUT2D eigenvalue weighted by molar-refractivity contribution is 7.99. The van der Waals surface area contributed by atoms with Crippen LogP contribution in [0.5, 0.6) is 0 Å². The van der Waals surface area contributed by atoms with Gasteiger partial charge < -0.3 is 15.6 Å². The summed E-state index contributed by atoms with van der Waals surface area (Å²) >= 11 is 1.29. The SMILES string of the molecule is CCCCn1c(N)c(N(C(=O)CSc2nc3ccccc3[nH]2)C2CCCC2)c(=O)[nH]c1=O. The zero-order chi connectivity index (χ0) is 22.7. The predicted octanol–water partition coefficient (Wildman–Crippen LogP) is 2.86. The van der Waals surface area contributed by atoms with Gasteiger partial charge in [0, 0.05) is 12.6 Å². The third-order valence-corrected chi connectivity index (χ3v) is 6.71. The fourth-order valence-corrected chi connectivity index (χ4v) is 4.96. The highest BCUT2D eigenvalue weighted by atomic mass is 32.2. The van der Waals surface area contributed by atoms with Crippen LogP contribution in [0, 0.1) is 0 Å². The van der Waals surface area contributed by atoms with Gasteiger partial charge in [0.1, 0.15) is 5.82 Å². The monoisotopic (exact) mass is 456 g/mol. The van der Waals surface area contributed by atoms with Crippen LogP contribution in [0.3, 0.4) is 0 Å². The summed E-state index contributed by atoms with van der Waals surface area (Å²) in [5, 5.41) is 0.640. The molecule has 170 valence electrons. The van der Waals surface area contributed by atoms with Crippen molar-refractivity contribution in [3.8, 4) is 0 Å². The lowest BCUT2D eigenvalue weighted by molar-refractivity contribution is -0.116. The molecule has 4 N–H and O–H groups in total. The smallest absolute Gasteiger partial charge is 0.330 e. The molecule has 4 rings (SSSR count). The summed E-state index contributed by atoms with van der Waals surface area (Å²) in [6, 6.07) is 7.55. The number of aromatic nitrogens is 4. The minimum Gasteiger partial charge on any atom is -0.383 e. The number of H-pyrrole nitrogens is 2. The second kappa shape index (κ2) is 9.64. The fourth-order valence-electron chi connectivity index (χ4n) is 4.22. The molecule has 0 aliphatic heterocycles. The van der Waals surface area contributed by atoms with Crippen LogP contribution in [0.4, 0.5) is 11.5 Å². The molecule has 32 heavy (non-hydrogen) atoms. The average Bonchev–Trinajstić information content (AvgIpc) is 3.44. The number of hydrogen-bond donors (Lipinski definition) is 3. The first-order valence-corrected chi connectivity index (χ1v) is 12.0. The summed E-state index contributed by atoms with van der Waals surface area (Å²) in [6.45, 7) is 2.41. The van der Waals surface area contributed by atoms with Gasteiger partial charge in [0.25, 0.3) is 5.56 Å². The topological polar surface area (TPSA) is 130 Å². The normalized spacial score (nSPS) is 14.3. The first kappa shape index (κ1) is 22.2. The number of thioether (sulfide) groups is 1. The van der Waals surface area contributed by atoms with Gasteiger partial charge in [-0.25, -0.2) is 9.78 Å². The number of nitrogen functional groups attached to an aromatic ring is 1. The Kier molecular flexibility index (Phi) is 6.69. The maximum Gasteiger partial charge on any atom is 0.330 e. The minimum atomic E-state index is -0.616. The first-order chi connectivity index (χ1) is 15.5. The molecule has 1 aliphatic carbocycles. The molecule has 9 nitrogen and oxygen atoms in total. The zero-order valence-electron chi connectivity index (χ0n) is 18.1. The molecule has 3 aromatic rings. The van der Waals surface area contributed by atoms with E-state index in [1.807, 2.05) is 31.2 Å². The molecule has 2 aromatic heterocycles. The van der Waals surface area contributed by atoms with Gasteiger partial charge in [0.05, 0.1) is 16.8 Å². The molecule has 1 amide bonds.